The second kappa shape index (κ2) is 6.95. The number of nitrogens with one attached hydrogen (secondary N) is 1. The quantitative estimate of drug-likeness (QED) is 0.893. The predicted molar refractivity (Wildman–Crippen MR) is 77.8 cm³/mol. The molecule has 21 heavy (non-hydrogen) atoms. The summed E-state index contributed by atoms with van der Waals surface area (Å²) in [6.07, 6.45) is 2.02. The summed E-state index contributed by atoms with van der Waals surface area (Å²) in [4.78, 5) is 14.1. The van der Waals surface area contributed by atoms with E-state index < -0.39 is 11.6 Å². The van der Waals surface area contributed by atoms with Gasteiger partial charge < -0.3 is 11.1 Å². The van der Waals surface area contributed by atoms with Crippen LogP contribution in [-0.2, 0) is 4.79 Å². The van der Waals surface area contributed by atoms with E-state index >= 15 is 0 Å². The second-order valence-electron chi connectivity index (χ2n) is 5.67. The lowest BCUT2D eigenvalue weighted by Crippen LogP contribution is -2.49. The van der Waals surface area contributed by atoms with Crippen LogP contribution in [0, 0.1) is 17.6 Å². The molecule has 1 aliphatic heterocycles. The molecule has 1 saturated heterocycles. The minimum Gasteiger partial charge on any atom is -0.329 e. The molecule has 116 valence electrons. The molecule has 1 fully saturated rings. The van der Waals surface area contributed by atoms with E-state index in [-0.39, 0.29) is 24.2 Å². The number of nitrogens with two attached hydrogens (primary N) is 1. The molecule has 2 rings (SSSR count). The third-order valence-corrected chi connectivity index (χ3v) is 3.92. The molecule has 3 N–H and O–H groups in total. The van der Waals surface area contributed by atoms with Crippen LogP contribution in [0.25, 0.3) is 0 Å². The zero-order valence-corrected chi connectivity index (χ0v) is 12.1. The molecule has 0 aromatic heterocycles. The number of halogens is 2. The van der Waals surface area contributed by atoms with Crippen LogP contribution in [0.2, 0.25) is 0 Å². The SMILES string of the molecule is CC1CCN(CC(=O)Nc2ccc(F)c(F)c2)C(CN)C1. The highest BCUT2D eigenvalue weighted by atomic mass is 19.2. The first-order valence-electron chi connectivity index (χ1n) is 7.18. The molecule has 2 unspecified atom stereocenters. The van der Waals surface area contributed by atoms with Crippen LogP contribution in [0.1, 0.15) is 19.8 Å². The molecule has 1 amide bonds. The van der Waals surface area contributed by atoms with Gasteiger partial charge in [-0.3, -0.25) is 9.69 Å². The third kappa shape index (κ3) is 4.22. The first-order valence-corrected chi connectivity index (χ1v) is 7.18. The van der Waals surface area contributed by atoms with Crippen molar-refractivity contribution in [1.29, 1.82) is 0 Å². The first kappa shape index (κ1) is 15.9. The molecule has 0 saturated carbocycles. The molecule has 1 aliphatic rings. The van der Waals surface area contributed by atoms with Gasteiger partial charge in [0.2, 0.25) is 5.91 Å². The van der Waals surface area contributed by atoms with Gasteiger partial charge >= 0.3 is 0 Å². The minimum atomic E-state index is -0.973. The van der Waals surface area contributed by atoms with Crippen molar-refractivity contribution in [3.05, 3.63) is 29.8 Å². The van der Waals surface area contributed by atoms with E-state index in [0.717, 1.165) is 31.5 Å². The summed E-state index contributed by atoms with van der Waals surface area (Å²) in [5.41, 5.74) is 6.01. The monoisotopic (exact) mass is 297 g/mol. The Kier molecular flexibility index (Phi) is 5.25. The van der Waals surface area contributed by atoms with Crippen molar-refractivity contribution in [2.45, 2.75) is 25.8 Å². The number of hydrogen-bond acceptors (Lipinski definition) is 3. The number of rotatable bonds is 4. The topological polar surface area (TPSA) is 58.4 Å². The van der Waals surface area contributed by atoms with Gasteiger partial charge in [0, 0.05) is 24.3 Å². The van der Waals surface area contributed by atoms with Crippen LogP contribution >= 0.6 is 0 Å². The molecule has 6 heteroatoms. The fraction of sp³-hybridized carbons (Fsp3) is 0.533. The lowest BCUT2D eigenvalue weighted by molar-refractivity contribution is -0.118. The summed E-state index contributed by atoms with van der Waals surface area (Å²) in [5.74, 6) is -1.53. The number of likely N-dealkylation sites (tertiary alicyclic amines) is 1. The Labute approximate surface area is 123 Å². The molecule has 0 bridgehead atoms. The van der Waals surface area contributed by atoms with E-state index in [4.69, 9.17) is 5.73 Å². The summed E-state index contributed by atoms with van der Waals surface area (Å²) in [6.45, 7) is 3.74. The van der Waals surface area contributed by atoms with Crippen LogP contribution in [0.15, 0.2) is 18.2 Å². The number of amides is 1. The summed E-state index contributed by atoms with van der Waals surface area (Å²) in [6, 6.07) is 3.52. The normalized spacial score (nSPS) is 23.0. The molecule has 4 nitrogen and oxygen atoms in total. The molecule has 0 radical (unpaired) electrons. The van der Waals surface area contributed by atoms with Crippen LogP contribution in [0.5, 0.6) is 0 Å². The van der Waals surface area contributed by atoms with E-state index in [2.05, 4.69) is 17.1 Å². The summed E-state index contributed by atoms with van der Waals surface area (Å²) in [7, 11) is 0. The molecule has 1 aromatic rings. The zero-order chi connectivity index (χ0) is 15.4. The average molecular weight is 297 g/mol. The Hall–Kier alpha value is -1.53. The van der Waals surface area contributed by atoms with Crippen molar-refractivity contribution < 1.29 is 13.6 Å². The number of piperidine rings is 1. The van der Waals surface area contributed by atoms with Crippen LogP contribution < -0.4 is 11.1 Å². The van der Waals surface area contributed by atoms with Crippen molar-refractivity contribution in [1.82, 2.24) is 4.90 Å². The molecular formula is C15H21F2N3O. The van der Waals surface area contributed by atoms with Gasteiger partial charge in [0.25, 0.3) is 0 Å². The maximum absolute atomic E-state index is 13.1. The van der Waals surface area contributed by atoms with Crippen molar-refractivity contribution in [3.8, 4) is 0 Å². The summed E-state index contributed by atoms with van der Waals surface area (Å²) in [5, 5.41) is 2.59. The number of carbonyl (C=O) groups excluding carboxylic acids is 1. The Bertz CT molecular complexity index is 510. The van der Waals surface area contributed by atoms with Gasteiger partial charge in [-0.1, -0.05) is 6.92 Å². The molecular weight excluding hydrogens is 276 g/mol. The lowest BCUT2D eigenvalue weighted by atomic mass is 9.92. The van der Waals surface area contributed by atoms with E-state index in [0.29, 0.717) is 12.5 Å². The largest absolute Gasteiger partial charge is 0.329 e. The van der Waals surface area contributed by atoms with Crippen molar-refractivity contribution in [2.24, 2.45) is 11.7 Å². The number of hydrogen-bond donors (Lipinski definition) is 2. The highest BCUT2D eigenvalue weighted by Gasteiger charge is 2.26. The van der Waals surface area contributed by atoms with Gasteiger partial charge in [-0.2, -0.15) is 0 Å². The second-order valence-corrected chi connectivity index (χ2v) is 5.67. The maximum Gasteiger partial charge on any atom is 0.238 e. The van der Waals surface area contributed by atoms with Gasteiger partial charge in [-0.25, -0.2) is 8.78 Å². The average Bonchev–Trinajstić information content (AvgIpc) is 2.44. The highest BCUT2D eigenvalue weighted by Crippen LogP contribution is 2.21. The Morgan fingerprint density at radius 3 is 2.86 bits per heavy atom. The Balaban J connectivity index is 1.93. The van der Waals surface area contributed by atoms with Crippen molar-refractivity contribution in [2.75, 3.05) is 25.0 Å². The summed E-state index contributed by atoms with van der Waals surface area (Å²) >= 11 is 0. The molecule has 1 heterocycles. The van der Waals surface area contributed by atoms with Gasteiger partial charge in [-0.15, -0.1) is 0 Å². The molecule has 0 aliphatic carbocycles. The van der Waals surface area contributed by atoms with Gasteiger partial charge in [0.15, 0.2) is 11.6 Å². The smallest absolute Gasteiger partial charge is 0.238 e. The lowest BCUT2D eigenvalue weighted by Gasteiger charge is -2.37. The first-order chi connectivity index (χ1) is 9.99. The Morgan fingerprint density at radius 2 is 2.19 bits per heavy atom. The van der Waals surface area contributed by atoms with E-state index in [1.165, 1.54) is 6.07 Å². The Morgan fingerprint density at radius 1 is 1.43 bits per heavy atom. The predicted octanol–water partition coefficient (Wildman–Crippen LogP) is 1.96. The zero-order valence-electron chi connectivity index (χ0n) is 12.1. The molecule has 2 atom stereocenters. The number of benzene rings is 1. The van der Waals surface area contributed by atoms with Crippen LogP contribution in [-0.4, -0.2) is 36.5 Å². The highest BCUT2D eigenvalue weighted by molar-refractivity contribution is 5.92. The van der Waals surface area contributed by atoms with E-state index in [1.807, 2.05) is 0 Å². The number of nitrogens with zero attached hydrogens (tertiary/aromatic N) is 1. The fourth-order valence-corrected chi connectivity index (χ4v) is 2.71. The maximum atomic E-state index is 13.1. The standard InChI is InChI=1S/C15H21F2N3O/c1-10-4-5-20(12(6-10)8-18)9-15(21)19-11-2-3-13(16)14(17)7-11/h2-3,7,10,12H,4-6,8-9,18H2,1H3,(H,19,21). The van der Waals surface area contributed by atoms with E-state index in [1.54, 1.807) is 0 Å². The minimum absolute atomic E-state index is 0.199. The molecule has 0 spiro atoms. The van der Waals surface area contributed by atoms with Gasteiger partial charge in [0.1, 0.15) is 0 Å². The fourth-order valence-electron chi connectivity index (χ4n) is 2.71. The van der Waals surface area contributed by atoms with Crippen LogP contribution in [0.3, 0.4) is 0 Å². The molecule has 1 aromatic carbocycles. The summed E-state index contributed by atoms with van der Waals surface area (Å²) < 4.78 is 25.9. The van der Waals surface area contributed by atoms with Crippen molar-refractivity contribution in [3.63, 3.8) is 0 Å². The number of anilines is 1. The third-order valence-electron chi connectivity index (χ3n) is 3.92. The van der Waals surface area contributed by atoms with Crippen molar-refractivity contribution >= 4 is 11.6 Å². The van der Waals surface area contributed by atoms with Gasteiger partial charge in [-0.05, 0) is 37.4 Å². The number of carbonyl (C=O) groups is 1. The van der Waals surface area contributed by atoms with Gasteiger partial charge in [0.05, 0.1) is 6.54 Å². The van der Waals surface area contributed by atoms with Crippen LogP contribution in [0.4, 0.5) is 14.5 Å². The van der Waals surface area contributed by atoms with E-state index in [9.17, 15) is 13.6 Å².